The van der Waals surface area contributed by atoms with Crippen molar-refractivity contribution in [1.82, 2.24) is 0 Å². The van der Waals surface area contributed by atoms with Gasteiger partial charge in [-0.05, 0) is 77.9 Å². The Morgan fingerprint density at radius 2 is 1.50 bits per heavy atom. The monoisotopic (exact) mass is 369 g/mol. The van der Waals surface area contributed by atoms with Crippen LogP contribution in [0.1, 0.15) is 23.1 Å². The van der Waals surface area contributed by atoms with Crippen molar-refractivity contribution in [2.24, 2.45) is 0 Å². The largest absolute Gasteiger partial charge is 0.482 e. The third-order valence-electron chi connectivity index (χ3n) is 4.86. The van der Waals surface area contributed by atoms with E-state index < -0.39 is 5.97 Å². The molecule has 1 aliphatic rings. The van der Waals surface area contributed by atoms with Gasteiger partial charge in [0.15, 0.2) is 6.61 Å². The molecule has 3 aromatic carbocycles. The van der Waals surface area contributed by atoms with Crippen LogP contribution in [0.4, 0.5) is 0 Å². The smallest absolute Gasteiger partial charge is 0.349 e. The predicted octanol–water partition coefficient (Wildman–Crippen LogP) is 4.70. The summed E-state index contributed by atoms with van der Waals surface area (Å²) >= 11 is 0. The topological polar surface area (TPSA) is 59.3 Å². The number of carbonyl (C=O) groups excluding carboxylic acids is 1. The molecular weight excluding hydrogens is 350 g/mol. The Bertz CT molecular complexity index is 1030. The van der Waals surface area contributed by atoms with Crippen LogP contribution in [0, 0.1) is 11.3 Å². The minimum atomic E-state index is -0.438. The third-order valence-corrected chi connectivity index (χ3v) is 4.86. The van der Waals surface area contributed by atoms with E-state index in [2.05, 4.69) is 12.1 Å². The third kappa shape index (κ3) is 4.05. The van der Waals surface area contributed by atoms with Crippen molar-refractivity contribution >= 4 is 5.97 Å². The quantitative estimate of drug-likeness (QED) is 0.483. The van der Waals surface area contributed by atoms with Crippen molar-refractivity contribution in [1.29, 1.82) is 5.26 Å². The summed E-state index contributed by atoms with van der Waals surface area (Å²) in [6.45, 7) is -0.129. The summed E-state index contributed by atoms with van der Waals surface area (Å²) in [5.41, 5.74) is 5.29. The van der Waals surface area contributed by atoms with Crippen molar-refractivity contribution in [3.63, 3.8) is 0 Å². The number of carbonyl (C=O) groups is 1. The maximum atomic E-state index is 12.1. The van der Waals surface area contributed by atoms with Gasteiger partial charge in [0.25, 0.3) is 0 Å². The lowest BCUT2D eigenvalue weighted by Crippen LogP contribution is -2.17. The van der Waals surface area contributed by atoms with E-state index >= 15 is 0 Å². The molecule has 4 nitrogen and oxygen atoms in total. The Hall–Kier alpha value is -3.58. The lowest BCUT2D eigenvalue weighted by atomic mass is 10.0. The molecule has 0 spiro atoms. The Kier molecular flexibility index (Phi) is 5.07. The van der Waals surface area contributed by atoms with Gasteiger partial charge in [0.05, 0.1) is 11.6 Å². The van der Waals surface area contributed by atoms with E-state index in [9.17, 15) is 4.79 Å². The zero-order valence-corrected chi connectivity index (χ0v) is 15.4. The first-order valence-corrected chi connectivity index (χ1v) is 9.27. The SMILES string of the molecule is N#Cc1ccc(-c2ccc(OC(=O)COc3ccc4c(c3)CCC4)cc2)cc1. The van der Waals surface area contributed by atoms with Gasteiger partial charge in [-0.2, -0.15) is 5.26 Å². The standard InChI is InChI=1S/C24H19NO3/c25-15-17-4-6-19(7-5-17)20-8-11-22(12-9-20)28-24(26)16-27-23-13-10-18-2-1-3-21(18)14-23/h4-14H,1-3,16H2. The van der Waals surface area contributed by atoms with Gasteiger partial charge in [-0.15, -0.1) is 0 Å². The van der Waals surface area contributed by atoms with Crippen LogP contribution < -0.4 is 9.47 Å². The molecule has 0 bridgehead atoms. The number of rotatable bonds is 5. The van der Waals surface area contributed by atoms with Crippen LogP contribution in [0.5, 0.6) is 11.5 Å². The van der Waals surface area contributed by atoms with Gasteiger partial charge in [0.1, 0.15) is 11.5 Å². The predicted molar refractivity (Wildman–Crippen MR) is 106 cm³/mol. The van der Waals surface area contributed by atoms with Crippen molar-refractivity contribution in [3.8, 4) is 28.7 Å². The molecule has 0 aliphatic heterocycles. The highest BCUT2D eigenvalue weighted by Gasteiger charge is 2.12. The molecule has 0 amide bonds. The Morgan fingerprint density at radius 3 is 2.21 bits per heavy atom. The van der Waals surface area contributed by atoms with E-state index in [1.54, 1.807) is 24.3 Å². The van der Waals surface area contributed by atoms with Crippen LogP contribution in [-0.2, 0) is 17.6 Å². The number of fused-ring (bicyclic) bond motifs is 1. The first kappa shape index (κ1) is 17.8. The van der Waals surface area contributed by atoms with Crippen LogP contribution in [0.2, 0.25) is 0 Å². The second kappa shape index (κ2) is 7.98. The normalized spacial score (nSPS) is 12.1. The molecule has 3 aromatic rings. The zero-order valence-electron chi connectivity index (χ0n) is 15.4. The summed E-state index contributed by atoms with van der Waals surface area (Å²) in [4.78, 5) is 12.1. The summed E-state index contributed by atoms with van der Waals surface area (Å²) in [6, 6.07) is 22.7. The molecule has 0 atom stereocenters. The minimum absolute atomic E-state index is 0.129. The van der Waals surface area contributed by atoms with E-state index in [0.717, 1.165) is 24.0 Å². The van der Waals surface area contributed by atoms with Gasteiger partial charge in [-0.1, -0.05) is 30.3 Å². The fourth-order valence-corrected chi connectivity index (χ4v) is 3.39. The first-order chi connectivity index (χ1) is 13.7. The number of benzene rings is 3. The molecule has 0 N–H and O–H groups in total. The van der Waals surface area contributed by atoms with E-state index in [4.69, 9.17) is 14.7 Å². The van der Waals surface area contributed by atoms with E-state index in [1.807, 2.05) is 36.4 Å². The summed E-state index contributed by atoms with van der Waals surface area (Å²) in [5.74, 6) is 0.736. The number of nitrogens with zero attached hydrogens (tertiary/aromatic N) is 1. The Morgan fingerprint density at radius 1 is 0.857 bits per heavy atom. The molecule has 1 aliphatic carbocycles. The van der Waals surface area contributed by atoms with Gasteiger partial charge in [0, 0.05) is 0 Å². The molecule has 28 heavy (non-hydrogen) atoms. The molecule has 138 valence electrons. The lowest BCUT2D eigenvalue weighted by molar-refractivity contribution is -0.136. The fraction of sp³-hybridized carbons (Fsp3) is 0.167. The number of ether oxygens (including phenoxy) is 2. The highest BCUT2D eigenvalue weighted by atomic mass is 16.6. The lowest BCUT2D eigenvalue weighted by Gasteiger charge is -2.09. The van der Waals surface area contributed by atoms with E-state index in [-0.39, 0.29) is 6.61 Å². The fourth-order valence-electron chi connectivity index (χ4n) is 3.39. The maximum absolute atomic E-state index is 12.1. The van der Waals surface area contributed by atoms with Crippen LogP contribution >= 0.6 is 0 Å². The number of esters is 1. The van der Waals surface area contributed by atoms with Crippen molar-refractivity contribution in [2.75, 3.05) is 6.61 Å². The zero-order chi connectivity index (χ0) is 19.3. The van der Waals surface area contributed by atoms with Gasteiger partial charge in [-0.25, -0.2) is 4.79 Å². The van der Waals surface area contributed by atoms with Gasteiger partial charge in [-0.3, -0.25) is 0 Å². The van der Waals surface area contributed by atoms with Gasteiger partial charge >= 0.3 is 5.97 Å². The Labute approximate surface area is 164 Å². The maximum Gasteiger partial charge on any atom is 0.349 e. The number of nitriles is 1. The molecule has 0 fully saturated rings. The van der Waals surface area contributed by atoms with E-state index in [1.165, 1.54) is 17.5 Å². The molecule has 0 saturated heterocycles. The first-order valence-electron chi connectivity index (χ1n) is 9.27. The number of aryl methyl sites for hydroxylation is 2. The van der Waals surface area contributed by atoms with Gasteiger partial charge < -0.3 is 9.47 Å². The highest BCUT2D eigenvalue weighted by Crippen LogP contribution is 2.26. The molecule has 0 aromatic heterocycles. The number of hydrogen-bond acceptors (Lipinski definition) is 4. The van der Waals surface area contributed by atoms with Crippen LogP contribution in [0.3, 0.4) is 0 Å². The van der Waals surface area contributed by atoms with Crippen molar-refractivity contribution < 1.29 is 14.3 Å². The van der Waals surface area contributed by atoms with Crippen LogP contribution in [-0.4, -0.2) is 12.6 Å². The van der Waals surface area contributed by atoms with Crippen LogP contribution in [0.15, 0.2) is 66.7 Å². The minimum Gasteiger partial charge on any atom is -0.482 e. The summed E-state index contributed by atoms with van der Waals surface area (Å²) in [5, 5.41) is 8.87. The second-order valence-corrected chi connectivity index (χ2v) is 6.76. The molecule has 0 saturated carbocycles. The van der Waals surface area contributed by atoms with Gasteiger partial charge in [0.2, 0.25) is 0 Å². The van der Waals surface area contributed by atoms with Crippen molar-refractivity contribution in [2.45, 2.75) is 19.3 Å². The molecule has 0 heterocycles. The summed E-state index contributed by atoms with van der Waals surface area (Å²) in [7, 11) is 0. The summed E-state index contributed by atoms with van der Waals surface area (Å²) in [6.07, 6.45) is 3.37. The van der Waals surface area contributed by atoms with Crippen molar-refractivity contribution in [3.05, 3.63) is 83.4 Å². The average molecular weight is 369 g/mol. The molecular formula is C24H19NO3. The van der Waals surface area contributed by atoms with E-state index in [0.29, 0.717) is 17.1 Å². The summed E-state index contributed by atoms with van der Waals surface area (Å²) < 4.78 is 10.9. The molecule has 0 unspecified atom stereocenters. The number of hydrogen-bond donors (Lipinski definition) is 0. The van der Waals surface area contributed by atoms with Crippen LogP contribution in [0.25, 0.3) is 11.1 Å². The molecule has 4 rings (SSSR count). The highest BCUT2D eigenvalue weighted by molar-refractivity contribution is 5.74. The molecule has 0 radical (unpaired) electrons. The second-order valence-electron chi connectivity index (χ2n) is 6.76. The average Bonchev–Trinajstić information content (AvgIpc) is 3.21. The Balaban J connectivity index is 1.33. The molecule has 4 heteroatoms.